The van der Waals surface area contributed by atoms with Crippen molar-refractivity contribution in [3.63, 3.8) is 0 Å². The number of carbonyl (C=O) groups is 2. The highest BCUT2D eigenvalue weighted by molar-refractivity contribution is 5.95. The Morgan fingerprint density at radius 1 is 1.26 bits per heavy atom. The second kappa shape index (κ2) is 3.62. The summed E-state index contributed by atoms with van der Waals surface area (Å²) in [5, 5.41) is 11.8. The van der Waals surface area contributed by atoms with Crippen LogP contribution in [0.4, 0.5) is 0 Å². The van der Waals surface area contributed by atoms with Gasteiger partial charge in [0.25, 0.3) is 5.91 Å². The molecule has 2 bridgehead atoms. The molecule has 2 N–H and O–H groups in total. The Kier molecular flexibility index (Phi) is 2.11. The van der Waals surface area contributed by atoms with Gasteiger partial charge in [0.15, 0.2) is 5.76 Å². The fourth-order valence-corrected chi connectivity index (χ4v) is 4.31. The van der Waals surface area contributed by atoms with Gasteiger partial charge in [-0.05, 0) is 42.9 Å². The minimum Gasteiger partial charge on any atom is -0.478 e. The van der Waals surface area contributed by atoms with E-state index in [1.165, 1.54) is 25.3 Å². The van der Waals surface area contributed by atoms with Crippen molar-refractivity contribution in [1.82, 2.24) is 5.32 Å². The molecule has 19 heavy (non-hydrogen) atoms. The van der Waals surface area contributed by atoms with Crippen LogP contribution in [0.2, 0.25) is 0 Å². The summed E-state index contributed by atoms with van der Waals surface area (Å²) in [6.07, 6.45) is 5.06. The quantitative estimate of drug-likeness (QED) is 0.868. The lowest BCUT2D eigenvalue weighted by atomic mass is 10.0. The number of fused-ring (bicyclic) bond motifs is 5. The molecule has 1 heterocycles. The predicted molar refractivity (Wildman–Crippen MR) is 64.7 cm³/mol. The largest absolute Gasteiger partial charge is 0.478 e. The zero-order valence-electron chi connectivity index (χ0n) is 10.3. The molecule has 4 rings (SSSR count). The lowest BCUT2D eigenvalue weighted by molar-refractivity contribution is 0.0695. The average molecular weight is 261 g/mol. The van der Waals surface area contributed by atoms with Gasteiger partial charge in [0.05, 0.1) is 5.56 Å². The number of amides is 1. The summed E-state index contributed by atoms with van der Waals surface area (Å²) < 4.78 is 5.01. The Hall–Kier alpha value is -1.78. The van der Waals surface area contributed by atoms with Gasteiger partial charge in [0, 0.05) is 12.1 Å². The Bertz CT molecular complexity index is 548. The number of hydrogen-bond donors (Lipinski definition) is 2. The Balaban J connectivity index is 1.44. The Morgan fingerprint density at radius 2 is 1.95 bits per heavy atom. The molecule has 3 aliphatic carbocycles. The van der Waals surface area contributed by atoms with E-state index < -0.39 is 5.97 Å². The van der Waals surface area contributed by atoms with E-state index in [4.69, 9.17) is 9.52 Å². The van der Waals surface area contributed by atoms with Gasteiger partial charge in [-0.3, -0.25) is 4.79 Å². The third kappa shape index (κ3) is 1.54. The van der Waals surface area contributed by atoms with Crippen molar-refractivity contribution >= 4 is 11.9 Å². The lowest BCUT2D eigenvalue weighted by Crippen LogP contribution is -2.29. The summed E-state index contributed by atoms with van der Waals surface area (Å²) in [5.74, 6) is 1.65. The molecular weight excluding hydrogens is 246 g/mol. The highest BCUT2D eigenvalue weighted by Crippen LogP contribution is 2.65. The molecule has 3 aliphatic rings. The van der Waals surface area contributed by atoms with Crippen molar-refractivity contribution in [2.24, 2.45) is 23.7 Å². The van der Waals surface area contributed by atoms with Gasteiger partial charge in [-0.25, -0.2) is 4.79 Å². The first-order valence-electron chi connectivity index (χ1n) is 6.78. The van der Waals surface area contributed by atoms with Gasteiger partial charge in [0.1, 0.15) is 6.26 Å². The molecule has 1 amide bonds. The molecule has 3 fully saturated rings. The van der Waals surface area contributed by atoms with Crippen molar-refractivity contribution in [3.05, 3.63) is 23.7 Å². The van der Waals surface area contributed by atoms with E-state index in [1.807, 2.05) is 0 Å². The third-order valence-corrected chi connectivity index (χ3v) is 5.10. The van der Waals surface area contributed by atoms with Crippen LogP contribution in [0, 0.1) is 23.7 Å². The van der Waals surface area contributed by atoms with Crippen LogP contribution in [0.1, 0.15) is 40.2 Å². The van der Waals surface area contributed by atoms with Crippen LogP contribution >= 0.6 is 0 Å². The number of carboxylic acids is 1. The number of carboxylic acid groups (broad SMARTS) is 1. The van der Waals surface area contributed by atoms with Crippen LogP contribution in [0.15, 0.2) is 16.7 Å². The van der Waals surface area contributed by atoms with Gasteiger partial charge in [-0.15, -0.1) is 0 Å². The molecule has 4 atom stereocenters. The van der Waals surface area contributed by atoms with Crippen LogP contribution in [-0.2, 0) is 0 Å². The van der Waals surface area contributed by atoms with Crippen molar-refractivity contribution < 1.29 is 19.1 Å². The fraction of sp³-hybridized carbons (Fsp3) is 0.571. The van der Waals surface area contributed by atoms with Crippen molar-refractivity contribution in [2.75, 3.05) is 0 Å². The molecule has 100 valence electrons. The number of furan rings is 1. The Labute approximate surface area is 110 Å². The molecule has 0 spiro atoms. The van der Waals surface area contributed by atoms with Gasteiger partial charge in [-0.2, -0.15) is 0 Å². The number of hydrogen-bond acceptors (Lipinski definition) is 3. The maximum absolute atomic E-state index is 12.0. The van der Waals surface area contributed by atoms with Crippen molar-refractivity contribution in [2.45, 2.75) is 25.3 Å². The summed E-state index contributed by atoms with van der Waals surface area (Å²) in [6.45, 7) is 0. The molecule has 4 unspecified atom stereocenters. The van der Waals surface area contributed by atoms with E-state index in [0.717, 1.165) is 18.1 Å². The van der Waals surface area contributed by atoms with E-state index >= 15 is 0 Å². The van der Waals surface area contributed by atoms with Gasteiger partial charge in [-0.1, -0.05) is 0 Å². The maximum Gasteiger partial charge on any atom is 0.338 e. The zero-order valence-corrected chi connectivity index (χ0v) is 10.3. The highest BCUT2D eigenvalue weighted by atomic mass is 16.4. The molecule has 0 aromatic carbocycles. The summed E-state index contributed by atoms with van der Waals surface area (Å²) in [7, 11) is 0. The third-order valence-electron chi connectivity index (χ3n) is 5.10. The summed E-state index contributed by atoms with van der Waals surface area (Å²) in [6, 6.07) is 1.57. The predicted octanol–water partition coefficient (Wildman–Crippen LogP) is 1.75. The number of carbonyl (C=O) groups excluding carboxylic acids is 1. The first-order chi connectivity index (χ1) is 9.15. The molecule has 0 radical (unpaired) electrons. The SMILES string of the molecule is O=C(O)c1coc(C(=O)NC2C3C4CCC(C4)C23)c1. The van der Waals surface area contributed by atoms with Gasteiger partial charge >= 0.3 is 5.97 Å². The second-order valence-electron chi connectivity index (χ2n) is 5.99. The average Bonchev–Trinajstić information content (AvgIpc) is 2.87. The highest BCUT2D eigenvalue weighted by Gasteiger charge is 2.65. The molecule has 3 saturated carbocycles. The van der Waals surface area contributed by atoms with E-state index in [0.29, 0.717) is 11.8 Å². The molecule has 1 aromatic rings. The first kappa shape index (κ1) is 11.1. The first-order valence-corrected chi connectivity index (χ1v) is 6.78. The minimum absolute atomic E-state index is 0.0150. The summed E-state index contributed by atoms with van der Waals surface area (Å²) in [5.41, 5.74) is 0.0150. The second-order valence-corrected chi connectivity index (χ2v) is 5.99. The molecule has 5 nitrogen and oxygen atoms in total. The van der Waals surface area contributed by atoms with Crippen molar-refractivity contribution in [3.8, 4) is 0 Å². The minimum atomic E-state index is -1.08. The normalized spacial score (nSPS) is 38.0. The smallest absolute Gasteiger partial charge is 0.338 e. The standard InChI is InChI=1S/C14H15NO4/c16-13(9-4-8(5-19-9)14(17)18)15-12-10-6-1-2-7(3-6)11(10)12/h4-7,10-12H,1-3H2,(H,15,16)(H,17,18). The fourth-order valence-electron chi connectivity index (χ4n) is 4.31. The van der Waals surface area contributed by atoms with E-state index in [2.05, 4.69) is 5.32 Å². The van der Waals surface area contributed by atoms with E-state index in [1.54, 1.807) is 0 Å². The lowest BCUT2D eigenvalue weighted by Gasteiger charge is -2.09. The number of nitrogens with one attached hydrogen (secondary N) is 1. The topological polar surface area (TPSA) is 79.5 Å². The summed E-state index contributed by atoms with van der Waals surface area (Å²) in [4.78, 5) is 22.7. The van der Waals surface area contributed by atoms with E-state index in [-0.39, 0.29) is 23.3 Å². The van der Waals surface area contributed by atoms with Crippen molar-refractivity contribution in [1.29, 1.82) is 0 Å². The monoisotopic (exact) mass is 261 g/mol. The molecule has 1 aromatic heterocycles. The van der Waals surface area contributed by atoms with Crippen LogP contribution in [0.3, 0.4) is 0 Å². The maximum atomic E-state index is 12.0. The number of aromatic carboxylic acids is 1. The molecular formula is C14H15NO4. The van der Waals surface area contributed by atoms with E-state index in [9.17, 15) is 9.59 Å². The van der Waals surface area contributed by atoms with Gasteiger partial charge in [0.2, 0.25) is 0 Å². The molecule has 0 aliphatic heterocycles. The van der Waals surface area contributed by atoms with Crippen LogP contribution in [-0.4, -0.2) is 23.0 Å². The van der Waals surface area contributed by atoms with Gasteiger partial charge < -0.3 is 14.8 Å². The molecule has 0 saturated heterocycles. The number of rotatable bonds is 3. The summed E-state index contributed by atoms with van der Waals surface area (Å²) >= 11 is 0. The Morgan fingerprint density at radius 3 is 2.53 bits per heavy atom. The van der Waals surface area contributed by atoms with Crippen LogP contribution < -0.4 is 5.32 Å². The zero-order chi connectivity index (χ0) is 13.1. The molecule has 5 heteroatoms. The van der Waals surface area contributed by atoms with Crippen LogP contribution in [0.25, 0.3) is 0 Å². The van der Waals surface area contributed by atoms with Crippen LogP contribution in [0.5, 0.6) is 0 Å².